The van der Waals surface area contributed by atoms with Crippen LogP contribution in [0.5, 0.6) is 5.75 Å². The van der Waals surface area contributed by atoms with Crippen LogP contribution in [-0.4, -0.2) is 41.9 Å². The molecule has 3 aromatic rings. The van der Waals surface area contributed by atoms with Crippen molar-refractivity contribution in [2.45, 2.75) is 26.2 Å². The second-order valence-electron chi connectivity index (χ2n) is 7.66. The van der Waals surface area contributed by atoms with E-state index in [1.807, 2.05) is 48.5 Å². The van der Waals surface area contributed by atoms with Gasteiger partial charge in [-0.3, -0.25) is 9.69 Å². The number of ketones is 1. The molecule has 0 bridgehead atoms. The molecule has 2 aromatic carbocycles. The lowest BCUT2D eigenvalue weighted by Crippen LogP contribution is -2.25. The summed E-state index contributed by atoms with van der Waals surface area (Å²) >= 11 is 1.27. The fourth-order valence-corrected chi connectivity index (χ4v) is 4.54. The highest BCUT2D eigenvalue weighted by Crippen LogP contribution is 2.30. The van der Waals surface area contributed by atoms with Gasteiger partial charge in [-0.05, 0) is 68.2 Å². The Morgan fingerprint density at radius 1 is 1.19 bits per heavy atom. The summed E-state index contributed by atoms with van der Waals surface area (Å²) in [4.78, 5) is 20.1. The van der Waals surface area contributed by atoms with E-state index in [1.54, 1.807) is 0 Å². The van der Waals surface area contributed by atoms with Crippen molar-refractivity contribution < 1.29 is 9.53 Å². The van der Waals surface area contributed by atoms with Crippen molar-refractivity contribution in [2.24, 2.45) is 0 Å². The Morgan fingerprint density at radius 2 is 1.97 bits per heavy atom. The second-order valence-corrected chi connectivity index (χ2v) is 8.66. The molecule has 0 saturated carbocycles. The van der Waals surface area contributed by atoms with Crippen LogP contribution in [0.2, 0.25) is 0 Å². The van der Waals surface area contributed by atoms with E-state index in [1.165, 1.54) is 37.3 Å². The number of aromatic nitrogens is 1. The number of aryl methyl sites for hydroxylation is 1. The van der Waals surface area contributed by atoms with Crippen LogP contribution in [0.3, 0.4) is 0 Å². The third-order valence-electron chi connectivity index (χ3n) is 5.44. The topological polar surface area (TPSA) is 80.5 Å². The molecule has 0 atom stereocenters. The first-order chi connectivity index (χ1) is 15.1. The molecule has 1 aliphatic heterocycles. The predicted octanol–water partition coefficient (Wildman–Crippen LogP) is 4.74. The normalized spacial score (nSPS) is 14.0. The third kappa shape index (κ3) is 5.42. The summed E-state index contributed by atoms with van der Waals surface area (Å²) in [6.07, 6.45) is 3.46. The maximum absolute atomic E-state index is 12.9. The zero-order chi connectivity index (χ0) is 21.6. The fraction of sp³-hybridized carbons (Fsp3) is 0.333. The standard InChI is InChI=1S/C24H28N4O2S/c1-2-17-6-5-7-18(16-17)21(29)22-23(25)27-24(31-22)26-19-8-10-20(11-9-19)30-15-14-28-12-3-4-13-28/h5-11,16H,2-4,12-15,25H2,1H3,(H,26,27). The van der Waals surface area contributed by atoms with Gasteiger partial charge >= 0.3 is 0 Å². The molecular weight excluding hydrogens is 408 g/mol. The Labute approximate surface area is 187 Å². The van der Waals surface area contributed by atoms with Gasteiger partial charge in [0.25, 0.3) is 0 Å². The van der Waals surface area contributed by atoms with Crippen LogP contribution in [0.4, 0.5) is 16.6 Å². The zero-order valence-corrected chi connectivity index (χ0v) is 18.6. The van der Waals surface area contributed by atoms with Crippen molar-refractivity contribution in [2.75, 3.05) is 37.3 Å². The van der Waals surface area contributed by atoms with Gasteiger partial charge in [-0.25, -0.2) is 4.98 Å². The number of rotatable bonds is 9. The van der Waals surface area contributed by atoms with E-state index in [2.05, 4.69) is 22.1 Å². The Bertz CT molecular complexity index is 1030. The number of nitrogens with two attached hydrogens (primary N) is 1. The highest BCUT2D eigenvalue weighted by atomic mass is 32.1. The summed E-state index contributed by atoms with van der Waals surface area (Å²) in [7, 11) is 0. The first-order valence-electron chi connectivity index (χ1n) is 10.7. The van der Waals surface area contributed by atoms with Crippen LogP contribution in [-0.2, 0) is 6.42 Å². The summed E-state index contributed by atoms with van der Waals surface area (Å²) in [5.74, 6) is 0.997. The SMILES string of the molecule is CCc1cccc(C(=O)c2sc(Nc3ccc(OCCN4CCCC4)cc3)nc2N)c1. The van der Waals surface area contributed by atoms with Crippen LogP contribution in [0.15, 0.2) is 48.5 Å². The molecule has 1 aliphatic rings. The number of nitrogen functional groups attached to an aromatic ring is 1. The van der Waals surface area contributed by atoms with E-state index < -0.39 is 0 Å². The number of nitrogens with zero attached hydrogens (tertiary/aromatic N) is 2. The number of hydrogen-bond donors (Lipinski definition) is 2. The summed E-state index contributed by atoms with van der Waals surface area (Å²) < 4.78 is 5.85. The minimum atomic E-state index is -0.0971. The van der Waals surface area contributed by atoms with Crippen LogP contribution in [0.25, 0.3) is 0 Å². The molecule has 6 nitrogen and oxygen atoms in total. The molecule has 2 heterocycles. The Balaban J connectivity index is 1.36. The number of thiazole rings is 1. The van der Waals surface area contributed by atoms with Gasteiger partial charge in [0.15, 0.2) is 5.13 Å². The van der Waals surface area contributed by atoms with Gasteiger partial charge in [-0.1, -0.05) is 36.5 Å². The van der Waals surface area contributed by atoms with Crippen molar-refractivity contribution in [1.82, 2.24) is 9.88 Å². The van der Waals surface area contributed by atoms with Crippen molar-refractivity contribution in [3.8, 4) is 5.75 Å². The largest absolute Gasteiger partial charge is 0.492 e. The van der Waals surface area contributed by atoms with Crippen molar-refractivity contribution in [3.63, 3.8) is 0 Å². The van der Waals surface area contributed by atoms with Gasteiger partial charge in [-0.15, -0.1) is 0 Å². The molecule has 31 heavy (non-hydrogen) atoms. The van der Waals surface area contributed by atoms with E-state index in [-0.39, 0.29) is 11.6 Å². The number of carbonyl (C=O) groups excluding carboxylic acids is 1. The van der Waals surface area contributed by atoms with E-state index in [9.17, 15) is 4.79 Å². The smallest absolute Gasteiger partial charge is 0.206 e. The minimum absolute atomic E-state index is 0.0971. The maximum Gasteiger partial charge on any atom is 0.206 e. The number of benzene rings is 2. The van der Waals surface area contributed by atoms with Gasteiger partial charge in [0.05, 0.1) is 0 Å². The summed E-state index contributed by atoms with van der Waals surface area (Å²) in [6, 6.07) is 15.4. The molecule has 0 unspecified atom stereocenters. The predicted molar refractivity (Wildman–Crippen MR) is 127 cm³/mol. The van der Waals surface area contributed by atoms with E-state index in [0.29, 0.717) is 22.2 Å². The van der Waals surface area contributed by atoms with Gasteiger partial charge in [0.1, 0.15) is 23.1 Å². The number of likely N-dealkylation sites (tertiary alicyclic amines) is 1. The minimum Gasteiger partial charge on any atom is -0.492 e. The lowest BCUT2D eigenvalue weighted by molar-refractivity contribution is 0.104. The van der Waals surface area contributed by atoms with Gasteiger partial charge in [0.2, 0.25) is 5.78 Å². The number of hydrogen-bond acceptors (Lipinski definition) is 7. The van der Waals surface area contributed by atoms with Crippen molar-refractivity contribution in [3.05, 3.63) is 64.5 Å². The van der Waals surface area contributed by atoms with Crippen LogP contribution in [0.1, 0.15) is 40.6 Å². The fourth-order valence-electron chi connectivity index (χ4n) is 3.67. The maximum atomic E-state index is 12.9. The highest BCUT2D eigenvalue weighted by Gasteiger charge is 2.18. The molecule has 0 spiro atoms. The van der Waals surface area contributed by atoms with E-state index in [0.717, 1.165) is 30.0 Å². The monoisotopic (exact) mass is 436 g/mol. The van der Waals surface area contributed by atoms with Gasteiger partial charge in [0, 0.05) is 17.8 Å². The third-order valence-corrected chi connectivity index (χ3v) is 6.42. The first kappa shape index (κ1) is 21.3. The average molecular weight is 437 g/mol. The van der Waals surface area contributed by atoms with Crippen LogP contribution >= 0.6 is 11.3 Å². The zero-order valence-electron chi connectivity index (χ0n) is 17.8. The Hall–Kier alpha value is -2.90. The molecule has 0 amide bonds. The molecule has 1 fully saturated rings. The summed E-state index contributed by atoms with van der Waals surface area (Å²) in [5, 5.41) is 3.83. The molecule has 4 rings (SSSR count). The molecule has 0 aliphatic carbocycles. The number of ether oxygens (including phenoxy) is 1. The molecule has 3 N–H and O–H groups in total. The van der Waals surface area contributed by atoms with Crippen molar-refractivity contribution in [1.29, 1.82) is 0 Å². The quantitative estimate of drug-likeness (QED) is 0.472. The lowest BCUT2D eigenvalue weighted by atomic mass is 10.1. The molecule has 7 heteroatoms. The van der Waals surface area contributed by atoms with Gasteiger partial charge < -0.3 is 15.8 Å². The highest BCUT2D eigenvalue weighted by molar-refractivity contribution is 7.18. The molecule has 0 radical (unpaired) electrons. The number of nitrogens with one attached hydrogen (secondary N) is 1. The van der Waals surface area contributed by atoms with E-state index >= 15 is 0 Å². The Kier molecular flexibility index (Phi) is 6.84. The first-order valence-corrected chi connectivity index (χ1v) is 11.6. The van der Waals surface area contributed by atoms with Crippen LogP contribution < -0.4 is 15.8 Å². The Morgan fingerprint density at radius 3 is 2.71 bits per heavy atom. The molecule has 162 valence electrons. The van der Waals surface area contributed by atoms with Crippen molar-refractivity contribution >= 4 is 33.8 Å². The molecule has 1 saturated heterocycles. The summed E-state index contributed by atoms with van der Waals surface area (Å²) in [5.41, 5.74) is 8.67. The number of anilines is 3. The summed E-state index contributed by atoms with van der Waals surface area (Å²) in [6.45, 7) is 6.09. The second kappa shape index (κ2) is 9.94. The average Bonchev–Trinajstić information content (AvgIpc) is 3.44. The molecule has 1 aromatic heterocycles. The van der Waals surface area contributed by atoms with E-state index in [4.69, 9.17) is 10.5 Å². The van der Waals surface area contributed by atoms with Gasteiger partial charge in [-0.2, -0.15) is 0 Å². The van der Waals surface area contributed by atoms with Crippen LogP contribution in [0, 0.1) is 0 Å². The lowest BCUT2D eigenvalue weighted by Gasteiger charge is -2.15. The number of carbonyl (C=O) groups is 1. The molecular formula is C24H28N4O2S.